The van der Waals surface area contributed by atoms with Crippen LogP contribution in [0.5, 0.6) is 5.75 Å². The summed E-state index contributed by atoms with van der Waals surface area (Å²) in [6, 6.07) is 14.9. The Morgan fingerprint density at radius 2 is 1.69 bits per heavy atom. The van der Waals surface area contributed by atoms with Gasteiger partial charge < -0.3 is 14.8 Å². The van der Waals surface area contributed by atoms with Crippen molar-refractivity contribution in [3.8, 4) is 5.75 Å². The first-order valence-electron chi connectivity index (χ1n) is 9.04. The largest absolute Gasteiger partial charge is 0.494 e. The van der Waals surface area contributed by atoms with Gasteiger partial charge in [0, 0.05) is 0 Å². The molecule has 1 amide bonds. The van der Waals surface area contributed by atoms with Gasteiger partial charge in [0.05, 0.1) is 17.5 Å². The minimum atomic E-state index is -3.89. The average molecular weight is 420 g/mol. The molecule has 0 aromatic heterocycles. The van der Waals surface area contributed by atoms with Crippen molar-refractivity contribution < 1.29 is 27.5 Å². The van der Waals surface area contributed by atoms with Crippen LogP contribution in [0.4, 0.5) is 0 Å². The van der Waals surface area contributed by atoms with Crippen molar-refractivity contribution in [2.24, 2.45) is 0 Å². The van der Waals surface area contributed by atoms with Crippen LogP contribution in [0.2, 0.25) is 0 Å². The van der Waals surface area contributed by atoms with Crippen LogP contribution in [0.3, 0.4) is 0 Å². The number of nitrogens with one attached hydrogen (secondary N) is 2. The molecule has 0 spiro atoms. The van der Waals surface area contributed by atoms with Crippen LogP contribution >= 0.6 is 0 Å². The number of sulfonamides is 1. The molecule has 2 aromatic rings. The van der Waals surface area contributed by atoms with E-state index in [1.165, 1.54) is 24.3 Å². The maximum Gasteiger partial charge on any atom is 0.321 e. The highest BCUT2D eigenvalue weighted by atomic mass is 32.2. The topological polar surface area (TPSA) is 111 Å². The highest BCUT2D eigenvalue weighted by Gasteiger charge is 2.17. The van der Waals surface area contributed by atoms with Gasteiger partial charge >= 0.3 is 5.97 Å². The van der Waals surface area contributed by atoms with Crippen molar-refractivity contribution >= 4 is 21.9 Å². The van der Waals surface area contributed by atoms with Crippen LogP contribution in [0.25, 0.3) is 0 Å². The summed E-state index contributed by atoms with van der Waals surface area (Å²) in [5.41, 5.74) is 0.912. The number of benzene rings is 2. The van der Waals surface area contributed by atoms with E-state index in [1.54, 1.807) is 6.92 Å². The molecular formula is C20H24N2O6S. The molecule has 156 valence electrons. The molecule has 0 heterocycles. The number of amides is 1. The lowest BCUT2D eigenvalue weighted by Gasteiger charge is -2.14. The monoisotopic (exact) mass is 420 g/mol. The molecule has 29 heavy (non-hydrogen) atoms. The van der Waals surface area contributed by atoms with Crippen molar-refractivity contribution in [1.82, 2.24) is 10.0 Å². The lowest BCUT2D eigenvalue weighted by Crippen LogP contribution is -2.34. The molecule has 9 heteroatoms. The van der Waals surface area contributed by atoms with Crippen LogP contribution < -0.4 is 14.8 Å². The van der Waals surface area contributed by atoms with Gasteiger partial charge in [0.2, 0.25) is 10.0 Å². The van der Waals surface area contributed by atoms with E-state index in [2.05, 4.69) is 10.0 Å². The first kappa shape index (κ1) is 22.4. The lowest BCUT2D eigenvalue weighted by molar-refractivity contribution is -0.147. The lowest BCUT2D eigenvalue weighted by atomic mass is 10.1. The number of hydrogen-bond donors (Lipinski definition) is 2. The Morgan fingerprint density at radius 1 is 1.03 bits per heavy atom. The number of ether oxygens (including phenoxy) is 2. The fourth-order valence-electron chi connectivity index (χ4n) is 2.42. The van der Waals surface area contributed by atoms with Crippen molar-refractivity contribution in [2.75, 3.05) is 19.8 Å². The number of carbonyl (C=O) groups excluding carboxylic acids is 2. The normalized spacial score (nSPS) is 12.1. The molecule has 0 saturated carbocycles. The predicted octanol–water partition coefficient (Wildman–Crippen LogP) is 1.78. The average Bonchev–Trinajstić information content (AvgIpc) is 2.72. The third-order valence-corrected chi connectivity index (χ3v) is 5.31. The van der Waals surface area contributed by atoms with E-state index >= 15 is 0 Å². The van der Waals surface area contributed by atoms with E-state index in [-0.39, 0.29) is 10.9 Å². The summed E-state index contributed by atoms with van der Waals surface area (Å²) in [4.78, 5) is 23.7. The molecule has 2 aromatic carbocycles. The molecule has 0 unspecified atom stereocenters. The minimum absolute atomic E-state index is 0.0109. The zero-order valence-corrected chi connectivity index (χ0v) is 17.1. The van der Waals surface area contributed by atoms with Gasteiger partial charge in [-0.1, -0.05) is 30.3 Å². The summed E-state index contributed by atoms with van der Waals surface area (Å²) < 4.78 is 36.6. The molecule has 0 radical (unpaired) electrons. The molecule has 1 atom stereocenters. The third kappa shape index (κ3) is 7.20. The van der Waals surface area contributed by atoms with Crippen molar-refractivity contribution in [1.29, 1.82) is 0 Å². The van der Waals surface area contributed by atoms with Crippen molar-refractivity contribution in [2.45, 2.75) is 24.8 Å². The molecule has 0 aliphatic heterocycles. The van der Waals surface area contributed by atoms with Gasteiger partial charge in [-0.15, -0.1) is 0 Å². The Balaban J connectivity index is 1.77. The van der Waals surface area contributed by atoms with E-state index in [4.69, 9.17) is 9.47 Å². The fraction of sp³-hybridized carbons (Fsp3) is 0.300. The van der Waals surface area contributed by atoms with Gasteiger partial charge in [-0.25, -0.2) is 8.42 Å². The minimum Gasteiger partial charge on any atom is -0.494 e. The van der Waals surface area contributed by atoms with Crippen LogP contribution in [0.1, 0.15) is 25.5 Å². The maximum absolute atomic E-state index is 12.2. The van der Waals surface area contributed by atoms with Crippen LogP contribution in [0.15, 0.2) is 59.5 Å². The van der Waals surface area contributed by atoms with E-state index in [0.29, 0.717) is 12.4 Å². The number of hydrogen-bond acceptors (Lipinski definition) is 6. The Labute approximate surface area is 170 Å². The highest BCUT2D eigenvalue weighted by Crippen LogP contribution is 2.15. The zero-order valence-electron chi connectivity index (χ0n) is 16.3. The standard InChI is InChI=1S/C20H24N2O6S/c1-3-27-17-9-11-18(12-10-17)29(25,26)21-13-20(24)28-14-19(23)22-15(2)16-7-5-4-6-8-16/h4-12,15,21H,3,13-14H2,1-2H3,(H,22,23)/t15-/m1/s1. The number of esters is 1. The Bertz CT molecular complexity index is 914. The van der Waals surface area contributed by atoms with Crippen LogP contribution in [-0.2, 0) is 24.3 Å². The fourth-order valence-corrected chi connectivity index (χ4v) is 3.39. The summed E-state index contributed by atoms with van der Waals surface area (Å²) >= 11 is 0. The first-order valence-corrected chi connectivity index (χ1v) is 10.5. The zero-order chi connectivity index (χ0) is 21.3. The molecule has 0 fully saturated rings. The third-order valence-electron chi connectivity index (χ3n) is 3.89. The Kier molecular flexibility index (Phi) is 8.17. The van der Waals surface area contributed by atoms with Gasteiger partial charge in [0.15, 0.2) is 6.61 Å². The maximum atomic E-state index is 12.2. The van der Waals surface area contributed by atoms with Crippen LogP contribution in [-0.4, -0.2) is 40.1 Å². The van der Waals surface area contributed by atoms with Gasteiger partial charge in [0.25, 0.3) is 5.91 Å². The SMILES string of the molecule is CCOc1ccc(S(=O)(=O)NCC(=O)OCC(=O)N[C@H](C)c2ccccc2)cc1. The van der Waals surface area contributed by atoms with Crippen LogP contribution in [0, 0.1) is 0 Å². The van der Waals surface area contributed by atoms with Crippen molar-refractivity contribution in [3.05, 3.63) is 60.2 Å². The molecular weight excluding hydrogens is 396 g/mol. The molecule has 2 N–H and O–H groups in total. The highest BCUT2D eigenvalue weighted by molar-refractivity contribution is 7.89. The second-order valence-corrected chi connectivity index (χ2v) is 7.86. The van der Waals surface area contributed by atoms with Gasteiger partial charge in [0.1, 0.15) is 12.3 Å². The summed E-state index contributed by atoms with van der Waals surface area (Å²) in [5, 5.41) is 2.70. The summed E-state index contributed by atoms with van der Waals surface area (Å²) in [6.07, 6.45) is 0. The van der Waals surface area contributed by atoms with Gasteiger partial charge in [-0.3, -0.25) is 9.59 Å². The first-order chi connectivity index (χ1) is 13.8. The molecule has 2 rings (SSSR count). The van der Waals surface area contributed by atoms with E-state index < -0.39 is 35.1 Å². The number of carbonyl (C=O) groups is 2. The van der Waals surface area contributed by atoms with Gasteiger partial charge in [-0.05, 0) is 43.7 Å². The Hall–Kier alpha value is -2.91. The molecule has 0 bridgehead atoms. The molecule has 0 saturated heterocycles. The predicted molar refractivity (Wildman–Crippen MR) is 107 cm³/mol. The molecule has 0 aliphatic rings. The Morgan fingerprint density at radius 3 is 2.31 bits per heavy atom. The second-order valence-electron chi connectivity index (χ2n) is 6.09. The van der Waals surface area contributed by atoms with E-state index in [1.807, 2.05) is 37.3 Å². The summed E-state index contributed by atoms with van der Waals surface area (Å²) in [6.45, 7) is 3.01. The molecule has 0 aliphatic carbocycles. The van der Waals surface area contributed by atoms with Gasteiger partial charge in [-0.2, -0.15) is 4.72 Å². The van der Waals surface area contributed by atoms with E-state index in [9.17, 15) is 18.0 Å². The quantitative estimate of drug-likeness (QED) is 0.567. The second kappa shape index (κ2) is 10.6. The summed E-state index contributed by atoms with van der Waals surface area (Å²) in [5.74, 6) is -0.798. The van der Waals surface area contributed by atoms with Crippen molar-refractivity contribution in [3.63, 3.8) is 0 Å². The summed E-state index contributed by atoms with van der Waals surface area (Å²) in [7, 11) is -3.89. The van der Waals surface area contributed by atoms with E-state index in [0.717, 1.165) is 5.56 Å². The number of rotatable bonds is 10. The molecule has 8 nitrogen and oxygen atoms in total. The smallest absolute Gasteiger partial charge is 0.321 e.